The van der Waals surface area contributed by atoms with Gasteiger partial charge in [0.1, 0.15) is 5.75 Å². The standard InChI is InChI=1S/C26H30N4O4/c1-16(2)17-9-11-18(12-10-17)27-22(31)13-14-30-15-20-23(25(30)32)24(28-26(33)29(20)3)19-7-5-6-8-21(19)34-4/h5-12,16,24H,13-15H2,1-4H3,(H,27,31)(H,28,33). The number of hydrogen-bond donors (Lipinski definition) is 2. The van der Waals surface area contributed by atoms with E-state index in [1.54, 1.807) is 25.1 Å². The molecule has 0 fully saturated rings. The van der Waals surface area contributed by atoms with Crippen LogP contribution in [0.25, 0.3) is 0 Å². The van der Waals surface area contributed by atoms with Gasteiger partial charge in [0.2, 0.25) is 5.91 Å². The summed E-state index contributed by atoms with van der Waals surface area (Å²) in [4.78, 5) is 41.6. The minimum absolute atomic E-state index is 0.155. The summed E-state index contributed by atoms with van der Waals surface area (Å²) in [7, 11) is 3.20. The quantitative estimate of drug-likeness (QED) is 0.657. The van der Waals surface area contributed by atoms with Gasteiger partial charge in [0.05, 0.1) is 31.0 Å². The summed E-state index contributed by atoms with van der Waals surface area (Å²) in [5.41, 5.74) is 3.81. The highest BCUT2D eigenvalue weighted by atomic mass is 16.5. The van der Waals surface area contributed by atoms with Crippen LogP contribution in [0.4, 0.5) is 10.5 Å². The largest absolute Gasteiger partial charge is 0.496 e. The van der Waals surface area contributed by atoms with E-state index < -0.39 is 6.04 Å². The van der Waals surface area contributed by atoms with Crippen LogP contribution in [0, 0.1) is 0 Å². The Balaban J connectivity index is 1.45. The van der Waals surface area contributed by atoms with E-state index in [-0.39, 0.29) is 37.4 Å². The second-order valence-corrected chi connectivity index (χ2v) is 8.85. The van der Waals surface area contributed by atoms with Gasteiger partial charge in [-0.2, -0.15) is 0 Å². The topological polar surface area (TPSA) is 91.0 Å². The Labute approximate surface area is 199 Å². The van der Waals surface area contributed by atoms with Gasteiger partial charge < -0.3 is 20.3 Å². The van der Waals surface area contributed by atoms with Crippen molar-refractivity contribution in [2.24, 2.45) is 0 Å². The molecule has 0 saturated carbocycles. The highest BCUT2D eigenvalue weighted by Gasteiger charge is 2.43. The van der Waals surface area contributed by atoms with Crippen LogP contribution in [-0.2, 0) is 9.59 Å². The molecule has 0 saturated heterocycles. The Bertz CT molecular complexity index is 1140. The molecule has 2 aromatic rings. The van der Waals surface area contributed by atoms with Crippen LogP contribution in [-0.4, -0.2) is 54.9 Å². The maximum Gasteiger partial charge on any atom is 0.322 e. The number of para-hydroxylation sites is 1. The Morgan fingerprint density at radius 1 is 1.15 bits per heavy atom. The highest BCUT2D eigenvalue weighted by molar-refractivity contribution is 6.02. The maximum atomic E-state index is 13.4. The van der Waals surface area contributed by atoms with Crippen molar-refractivity contribution in [3.8, 4) is 5.75 Å². The van der Waals surface area contributed by atoms with Crippen molar-refractivity contribution < 1.29 is 19.1 Å². The maximum absolute atomic E-state index is 13.4. The first-order valence-corrected chi connectivity index (χ1v) is 11.4. The number of urea groups is 1. The summed E-state index contributed by atoms with van der Waals surface area (Å²) in [5, 5.41) is 5.80. The molecule has 4 rings (SSSR count). The number of likely N-dealkylation sites (N-methyl/N-ethyl adjacent to an activating group) is 1. The molecule has 0 spiro atoms. The molecule has 2 aliphatic heterocycles. The molecule has 2 aromatic carbocycles. The summed E-state index contributed by atoms with van der Waals surface area (Å²) in [5.74, 6) is 0.660. The molecule has 0 aromatic heterocycles. The van der Waals surface area contributed by atoms with Crippen molar-refractivity contribution >= 4 is 23.5 Å². The number of hydrogen-bond acceptors (Lipinski definition) is 4. The van der Waals surface area contributed by atoms with Gasteiger partial charge >= 0.3 is 6.03 Å². The van der Waals surface area contributed by atoms with Crippen molar-refractivity contribution in [2.45, 2.75) is 32.2 Å². The van der Waals surface area contributed by atoms with Gasteiger partial charge in [-0.3, -0.25) is 14.5 Å². The number of ether oxygens (including phenoxy) is 1. The molecule has 2 aliphatic rings. The third-order valence-corrected chi connectivity index (χ3v) is 6.35. The Morgan fingerprint density at radius 3 is 2.53 bits per heavy atom. The normalized spacial score (nSPS) is 17.7. The van der Waals surface area contributed by atoms with Crippen LogP contribution in [0.15, 0.2) is 59.8 Å². The average Bonchev–Trinajstić information content (AvgIpc) is 3.17. The van der Waals surface area contributed by atoms with E-state index in [0.29, 0.717) is 22.9 Å². The smallest absolute Gasteiger partial charge is 0.322 e. The number of methoxy groups -OCH3 is 1. The van der Waals surface area contributed by atoms with Gasteiger partial charge in [0, 0.05) is 31.3 Å². The lowest BCUT2D eigenvalue weighted by molar-refractivity contribution is -0.126. The Kier molecular flexibility index (Phi) is 6.58. The minimum Gasteiger partial charge on any atom is -0.496 e. The summed E-state index contributed by atoms with van der Waals surface area (Å²) in [6, 6.07) is 14.2. The molecule has 178 valence electrons. The second-order valence-electron chi connectivity index (χ2n) is 8.85. The molecular formula is C26H30N4O4. The van der Waals surface area contributed by atoms with Crippen LogP contribution in [0.3, 0.4) is 0 Å². The Hall–Kier alpha value is -3.81. The molecule has 2 N–H and O–H groups in total. The summed E-state index contributed by atoms with van der Waals surface area (Å²) in [6.07, 6.45) is 0.155. The average molecular weight is 463 g/mol. The van der Waals surface area contributed by atoms with Crippen molar-refractivity contribution in [2.75, 3.05) is 32.6 Å². The van der Waals surface area contributed by atoms with E-state index in [2.05, 4.69) is 24.5 Å². The lowest BCUT2D eigenvalue weighted by Crippen LogP contribution is -2.45. The molecule has 0 radical (unpaired) electrons. The van der Waals surface area contributed by atoms with Gasteiger partial charge in [-0.05, 0) is 29.7 Å². The van der Waals surface area contributed by atoms with E-state index in [4.69, 9.17) is 4.74 Å². The molecule has 4 amide bonds. The Morgan fingerprint density at radius 2 is 1.85 bits per heavy atom. The van der Waals surface area contributed by atoms with E-state index in [0.717, 1.165) is 11.3 Å². The molecule has 2 heterocycles. The number of carbonyl (C=O) groups excluding carboxylic acids is 3. The predicted octanol–water partition coefficient (Wildman–Crippen LogP) is 3.64. The zero-order valence-electron chi connectivity index (χ0n) is 19.9. The first kappa shape index (κ1) is 23.4. The first-order valence-electron chi connectivity index (χ1n) is 11.4. The molecule has 8 nitrogen and oxygen atoms in total. The van der Waals surface area contributed by atoms with Gasteiger partial charge in [0.15, 0.2) is 0 Å². The molecule has 0 aliphatic carbocycles. The summed E-state index contributed by atoms with van der Waals surface area (Å²) in [6.45, 7) is 4.77. The van der Waals surface area contributed by atoms with Crippen LogP contribution >= 0.6 is 0 Å². The number of amides is 4. The number of carbonyl (C=O) groups is 3. The highest BCUT2D eigenvalue weighted by Crippen LogP contribution is 2.38. The molecule has 0 bridgehead atoms. The fraction of sp³-hybridized carbons (Fsp3) is 0.346. The monoisotopic (exact) mass is 462 g/mol. The predicted molar refractivity (Wildman–Crippen MR) is 129 cm³/mol. The van der Waals surface area contributed by atoms with Crippen LogP contribution in [0.1, 0.15) is 43.4 Å². The fourth-order valence-electron chi connectivity index (χ4n) is 4.35. The molecule has 1 unspecified atom stereocenters. The molecule has 34 heavy (non-hydrogen) atoms. The van der Waals surface area contributed by atoms with Crippen LogP contribution in [0.5, 0.6) is 5.75 Å². The van der Waals surface area contributed by atoms with Crippen molar-refractivity contribution in [1.29, 1.82) is 0 Å². The van der Waals surface area contributed by atoms with Crippen molar-refractivity contribution in [3.63, 3.8) is 0 Å². The fourth-order valence-corrected chi connectivity index (χ4v) is 4.35. The van der Waals surface area contributed by atoms with Gasteiger partial charge in [0.25, 0.3) is 5.91 Å². The summed E-state index contributed by atoms with van der Waals surface area (Å²) < 4.78 is 5.46. The third kappa shape index (κ3) is 4.48. The lowest BCUT2D eigenvalue weighted by Gasteiger charge is -2.31. The number of rotatable bonds is 7. The van der Waals surface area contributed by atoms with E-state index in [1.807, 2.05) is 42.5 Å². The minimum atomic E-state index is -0.611. The van der Waals surface area contributed by atoms with E-state index in [1.165, 1.54) is 10.5 Å². The molecular weight excluding hydrogens is 432 g/mol. The number of anilines is 1. The van der Waals surface area contributed by atoms with E-state index >= 15 is 0 Å². The van der Waals surface area contributed by atoms with Crippen molar-refractivity contribution in [3.05, 3.63) is 70.9 Å². The van der Waals surface area contributed by atoms with Gasteiger partial charge in [-0.25, -0.2) is 4.79 Å². The third-order valence-electron chi connectivity index (χ3n) is 6.35. The SMILES string of the molecule is COc1ccccc1C1NC(=O)N(C)C2=C1C(=O)N(CCC(=O)Nc1ccc(C(C)C)cc1)C2. The lowest BCUT2D eigenvalue weighted by atomic mass is 9.95. The second kappa shape index (κ2) is 9.59. The summed E-state index contributed by atoms with van der Waals surface area (Å²) >= 11 is 0. The van der Waals surface area contributed by atoms with Crippen LogP contribution in [0.2, 0.25) is 0 Å². The van der Waals surface area contributed by atoms with Crippen molar-refractivity contribution in [1.82, 2.24) is 15.1 Å². The van der Waals surface area contributed by atoms with E-state index in [9.17, 15) is 14.4 Å². The zero-order chi connectivity index (χ0) is 24.4. The first-order chi connectivity index (χ1) is 16.3. The van der Waals surface area contributed by atoms with Crippen LogP contribution < -0.4 is 15.4 Å². The number of nitrogens with one attached hydrogen (secondary N) is 2. The number of nitrogens with zero attached hydrogens (tertiary/aromatic N) is 2. The zero-order valence-corrected chi connectivity index (χ0v) is 19.9. The van der Waals surface area contributed by atoms with Gasteiger partial charge in [-0.15, -0.1) is 0 Å². The number of benzene rings is 2. The molecule has 1 atom stereocenters. The molecule has 8 heteroatoms. The van der Waals surface area contributed by atoms with Gasteiger partial charge in [-0.1, -0.05) is 44.2 Å².